The molecule has 30 heavy (non-hydrogen) atoms. The Morgan fingerprint density at radius 2 is 1.43 bits per heavy atom. The molecule has 0 rings (SSSR count). The minimum Gasteiger partial charge on any atom is -0.480 e. The van der Waals surface area contributed by atoms with Gasteiger partial charge in [-0.05, 0) is 38.6 Å². The predicted octanol–water partition coefficient (Wildman–Crippen LogP) is -2.47. The first-order valence-electron chi connectivity index (χ1n) is 9.78. The molecule has 4 unspecified atom stereocenters. The number of aliphatic carboxylic acids is 1. The Morgan fingerprint density at radius 3 is 1.87 bits per heavy atom. The topological polar surface area (TPSA) is 220 Å². The van der Waals surface area contributed by atoms with Crippen LogP contribution in [0, 0.1) is 5.92 Å². The number of hydrogen-bond donors (Lipinski definition) is 7. The maximum Gasteiger partial charge on any atom is 0.326 e. The van der Waals surface area contributed by atoms with Gasteiger partial charge in [0.2, 0.25) is 23.6 Å². The average Bonchev–Trinajstić information content (AvgIpc) is 2.63. The summed E-state index contributed by atoms with van der Waals surface area (Å²) in [5, 5.41) is 16.5. The summed E-state index contributed by atoms with van der Waals surface area (Å²) < 4.78 is 0. The minimum absolute atomic E-state index is 0.184. The fraction of sp³-hybridized carbons (Fsp3) is 0.722. The van der Waals surface area contributed by atoms with Gasteiger partial charge in [-0.1, -0.05) is 13.8 Å². The Hall–Kier alpha value is -2.73. The number of carbonyl (C=O) groups excluding carboxylic acids is 4. The highest BCUT2D eigenvalue weighted by Gasteiger charge is 2.31. The van der Waals surface area contributed by atoms with E-state index in [9.17, 15) is 29.1 Å². The third kappa shape index (κ3) is 10.2. The molecular weight excluding hydrogens is 396 g/mol. The highest BCUT2D eigenvalue weighted by Crippen LogP contribution is 2.07. The maximum absolute atomic E-state index is 12.7. The summed E-state index contributed by atoms with van der Waals surface area (Å²) in [6, 6.07) is -4.39. The zero-order chi connectivity index (χ0) is 23.4. The number of primary amides is 1. The van der Waals surface area contributed by atoms with Crippen LogP contribution < -0.4 is 33.2 Å². The molecule has 4 atom stereocenters. The monoisotopic (exact) mass is 430 g/mol. The first-order chi connectivity index (χ1) is 13.9. The Bertz CT molecular complexity index is 624. The van der Waals surface area contributed by atoms with E-state index >= 15 is 0 Å². The van der Waals surface area contributed by atoms with Crippen LogP contribution in [0.5, 0.6) is 0 Å². The van der Waals surface area contributed by atoms with Crippen LogP contribution in [0.1, 0.15) is 46.5 Å². The quantitative estimate of drug-likeness (QED) is 0.146. The number of carboxylic acids is 1. The van der Waals surface area contributed by atoms with E-state index in [0.29, 0.717) is 19.4 Å². The summed E-state index contributed by atoms with van der Waals surface area (Å²) in [4.78, 5) is 59.6. The first-order valence-corrected chi connectivity index (χ1v) is 9.78. The van der Waals surface area contributed by atoms with E-state index in [-0.39, 0.29) is 12.3 Å². The van der Waals surface area contributed by atoms with Crippen molar-refractivity contribution >= 4 is 29.6 Å². The molecule has 0 spiro atoms. The first kappa shape index (κ1) is 27.3. The van der Waals surface area contributed by atoms with E-state index in [1.807, 2.05) is 0 Å². The fourth-order valence-corrected chi connectivity index (χ4v) is 2.52. The normalized spacial score (nSPS) is 14.9. The molecule has 0 aromatic carbocycles. The van der Waals surface area contributed by atoms with Crippen molar-refractivity contribution in [2.24, 2.45) is 23.1 Å². The molecule has 0 fully saturated rings. The summed E-state index contributed by atoms with van der Waals surface area (Å²) in [7, 11) is 0. The van der Waals surface area contributed by atoms with Crippen LogP contribution >= 0.6 is 0 Å². The van der Waals surface area contributed by atoms with Gasteiger partial charge in [-0.25, -0.2) is 4.79 Å². The molecule has 0 saturated heterocycles. The lowest BCUT2D eigenvalue weighted by molar-refractivity contribution is -0.143. The van der Waals surface area contributed by atoms with Crippen LogP contribution in [0.2, 0.25) is 0 Å². The van der Waals surface area contributed by atoms with Gasteiger partial charge in [-0.3, -0.25) is 19.2 Å². The molecule has 0 radical (unpaired) electrons. The number of hydrogen-bond acceptors (Lipinski definition) is 7. The number of unbranched alkanes of at least 4 members (excludes halogenated alkanes) is 1. The van der Waals surface area contributed by atoms with Crippen LogP contribution in [-0.4, -0.2) is 65.4 Å². The van der Waals surface area contributed by atoms with Crippen LogP contribution in [0.4, 0.5) is 0 Å². The molecule has 0 aliphatic carbocycles. The predicted molar refractivity (Wildman–Crippen MR) is 109 cm³/mol. The standard InChI is InChI=1S/C18H34N6O6/c1-9(2)14(24-15(26)10(3)20)17(28)22-11(6-4-5-7-19)16(27)23-12(18(29)30)8-13(21)25/h9-12,14H,4-8,19-20H2,1-3H3,(H2,21,25)(H,22,28)(H,23,27)(H,24,26)(H,29,30). The smallest absolute Gasteiger partial charge is 0.326 e. The number of carboxylic acid groups (broad SMARTS) is 1. The SMILES string of the molecule is CC(N)C(=O)NC(C(=O)NC(CCCCN)C(=O)NC(CC(N)=O)C(=O)O)C(C)C. The van der Waals surface area contributed by atoms with Gasteiger partial charge in [0, 0.05) is 0 Å². The Labute approximate surface area is 175 Å². The van der Waals surface area contributed by atoms with E-state index in [0.717, 1.165) is 0 Å². The van der Waals surface area contributed by atoms with Gasteiger partial charge in [-0.2, -0.15) is 0 Å². The Balaban J connectivity index is 5.39. The number of nitrogens with two attached hydrogens (primary N) is 3. The molecule has 0 aliphatic heterocycles. The number of amides is 4. The van der Waals surface area contributed by atoms with E-state index in [1.54, 1.807) is 13.8 Å². The minimum atomic E-state index is -1.53. The van der Waals surface area contributed by atoms with Crippen molar-refractivity contribution in [3.63, 3.8) is 0 Å². The van der Waals surface area contributed by atoms with Crippen molar-refractivity contribution in [1.82, 2.24) is 16.0 Å². The molecule has 172 valence electrons. The zero-order valence-corrected chi connectivity index (χ0v) is 17.6. The lowest BCUT2D eigenvalue weighted by Crippen LogP contribution is -2.58. The molecule has 0 heterocycles. The van der Waals surface area contributed by atoms with E-state index in [4.69, 9.17) is 17.2 Å². The number of nitrogens with one attached hydrogen (secondary N) is 3. The molecular formula is C18H34N6O6. The third-order valence-electron chi connectivity index (χ3n) is 4.26. The van der Waals surface area contributed by atoms with Crippen LogP contribution in [0.15, 0.2) is 0 Å². The third-order valence-corrected chi connectivity index (χ3v) is 4.26. The summed E-state index contributed by atoms with van der Waals surface area (Å²) >= 11 is 0. The maximum atomic E-state index is 12.7. The van der Waals surface area contributed by atoms with Crippen molar-refractivity contribution in [1.29, 1.82) is 0 Å². The lowest BCUT2D eigenvalue weighted by Gasteiger charge is -2.26. The van der Waals surface area contributed by atoms with E-state index < -0.39 is 60.2 Å². The lowest BCUT2D eigenvalue weighted by atomic mass is 10.0. The molecule has 12 heteroatoms. The Morgan fingerprint density at radius 1 is 0.867 bits per heavy atom. The molecule has 0 bridgehead atoms. The van der Waals surface area contributed by atoms with Crippen LogP contribution in [0.25, 0.3) is 0 Å². The van der Waals surface area contributed by atoms with Gasteiger partial charge in [0.25, 0.3) is 0 Å². The van der Waals surface area contributed by atoms with Gasteiger partial charge < -0.3 is 38.3 Å². The van der Waals surface area contributed by atoms with Crippen molar-refractivity contribution in [2.75, 3.05) is 6.54 Å². The Kier molecular flexibility index (Phi) is 12.3. The molecule has 0 aromatic heterocycles. The summed E-state index contributed by atoms with van der Waals surface area (Å²) in [6.45, 7) is 5.27. The second kappa shape index (κ2) is 13.5. The molecule has 0 aromatic rings. The highest BCUT2D eigenvalue weighted by atomic mass is 16.4. The number of carbonyl (C=O) groups is 5. The second-order valence-electron chi connectivity index (χ2n) is 7.43. The number of rotatable bonds is 14. The van der Waals surface area contributed by atoms with Gasteiger partial charge >= 0.3 is 5.97 Å². The highest BCUT2D eigenvalue weighted by molar-refractivity contribution is 5.94. The summed E-state index contributed by atoms with van der Waals surface area (Å²) in [5.74, 6) is -4.56. The van der Waals surface area contributed by atoms with Gasteiger partial charge in [0.05, 0.1) is 12.5 Å². The van der Waals surface area contributed by atoms with Crippen LogP contribution in [0.3, 0.4) is 0 Å². The fourth-order valence-electron chi connectivity index (χ4n) is 2.52. The van der Waals surface area contributed by atoms with Crippen molar-refractivity contribution in [3.05, 3.63) is 0 Å². The van der Waals surface area contributed by atoms with Gasteiger partial charge in [0.15, 0.2) is 0 Å². The molecule has 4 amide bonds. The van der Waals surface area contributed by atoms with Crippen molar-refractivity contribution in [2.45, 2.75) is 70.6 Å². The second-order valence-corrected chi connectivity index (χ2v) is 7.43. The molecule has 0 saturated carbocycles. The van der Waals surface area contributed by atoms with Crippen molar-refractivity contribution < 1.29 is 29.1 Å². The van der Waals surface area contributed by atoms with Crippen molar-refractivity contribution in [3.8, 4) is 0 Å². The van der Waals surface area contributed by atoms with Crippen LogP contribution in [-0.2, 0) is 24.0 Å². The van der Waals surface area contributed by atoms with E-state index in [2.05, 4.69) is 16.0 Å². The van der Waals surface area contributed by atoms with Gasteiger partial charge in [-0.15, -0.1) is 0 Å². The zero-order valence-electron chi connectivity index (χ0n) is 17.6. The van der Waals surface area contributed by atoms with E-state index in [1.165, 1.54) is 6.92 Å². The molecule has 12 nitrogen and oxygen atoms in total. The van der Waals surface area contributed by atoms with Gasteiger partial charge in [0.1, 0.15) is 18.1 Å². The molecule has 0 aliphatic rings. The molecule has 10 N–H and O–H groups in total. The average molecular weight is 431 g/mol. The summed E-state index contributed by atoms with van der Waals surface area (Å²) in [6.07, 6.45) is 0.659. The summed E-state index contributed by atoms with van der Waals surface area (Å²) in [5.41, 5.74) is 16.0. The largest absolute Gasteiger partial charge is 0.480 e.